The molecule has 114 valence electrons. The Bertz CT molecular complexity index is 746. The molecule has 0 spiro atoms. The van der Waals surface area contributed by atoms with Crippen LogP contribution in [-0.4, -0.2) is 20.9 Å². The first-order chi connectivity index (χ1) is 10.5. The summed E-state index contributed by atoms with van der Waals surface area (Å²) in [4.78, 5) is 23.0. The van der Waals surface area contributed by atoms with Crippen LogP contribution >= 0.6 is 0 Å². The quantitative estimate of drug-likeness (QED) is 0.861. The molecule has 1 heterocycles. The molecular weight excluding hydrogens is 280 g/mol. The first kappa shape index (κ1) is 15.7. The Balaban J connectivity index is 2.57. The van der Waals surface area contributed by atoms with Crippen LogP contribution in [0.5, 0.6) is 0 Å². The van der Waals surface area contributed by atoms with E-state index in [-0.39, 0.29) is 11.5 Å². The van der Waals surface area contributed by atoms with E-state index in [1.54, 1.807) is 6.07 Å². The van der Waals surface area contributed by atoms with Gasteiger partial charge in [0.05, 0.1) is 5.69 Å². The van der Waals surface area contributed by atoms with Crippen LogP contribution in [0.25, 0.3) is 17.3 Å². The lowest BCUT2D eigenvalue weighted by molar-refractivity contribution is -0.131. The molecule has 1 aromatic heterocycles. The molecular formula is C17H18N2O3. The van der Waals surface area contributed by atoms with Crippen LogP contribution in [0.4, 0.5) is 0 Å². The van der Waals surface area contributed by atoms with Gasteiger partial charge in [0.2, 0.25) is 0 Å². The third-order valence-electron chi connectivity index (χ3n) is 3.02. The van der Waals surface area contributed by atoms with E-state index in [2.05, 4.69) is 5.10 Å². The normalized spacial score (nSPS) is 11.2. The fourth-order valence-electron chi connectivity index (χ4n) is 2.06. The predicted molar refractivity (Wildman–Crippen MR) is 85.4 cm³/mol. The maximum absolute atomic E-state index is 12.4. The summed E-state index contributed by atoms with van der Waals surface area (Å²) >= 11 is 0. The minimum Gasteiger partial charge on any atom is -0.478 e. The van der Waals surface area contributed by atoms with E-state index in [1.165, 1.54) is 10.8 Å². The van der Waals surface area contributed by atoms with Gasteiger partial charge in [-0.3, -0.25) is 4.79 Å². The molecule has 2 rings (SSSR count). The molecule has 5 nitrogen and oxygen atoms in total. The van der Waals surface area contributed by atoms with Gasteiger partial charge in [-0.2, -0.15) is 5.10 Å². The fraction of sp³-hybridized carbons (Fsp3) is 0.235. The van der Waals surface area contributed by atoms with Crippen LogP contribution in [0.2, 0.25) is 0 Å². The minimum atomic E-state index is -1.09. The largest absolute Gasteiger partial charge is 0.478 e. The predicted octanol–water partition coefficient (Wildman–Crippen LogP) is 2.66. The molecule has 0 radical (unpaired) electrons. The van der Waals surface area contributed by atoms with Gasteiger partial charge in [0, 0.05) is 23.7 Å². The van der Waals surface area contributed by atoms with Crippen LogP contribution in [0, 0.1) is 5.92 Å². The van der Waals surface area contributed by atoms with Crippen molar-refractivity contribution in [2.75, 3.05) is 0 Å². The average Bonchev–Trinajstić information content (AvgIpc) is 2.48. The lowest BCUT2D eigenvalue weighted by Crippen LogP contribution is -2.27. The molecule has 1 aromatic carbocycles. The van der Waals surface area contributed by atoms with Gasteiger partial charge in [0.15, 0.2) is 0 Å². The van der Waals surface area contributed by atoms with Crippen molar-refractivity contribution in [2.45, 2.75) is 20.4 Å². The highest BCUT2D eigenvalue weighted by Crippen LogP contribution is 2.16. The summed E-state index contributed by atoms with van der Waals surface area (Å²) in [5.74, 6) is -0.833. The zero-order valence-electron chi connectivity index (χ0n) is 12.6. The third kappa shape index (κ3) is 3.91. The second-order valence-electron chi connectivity index (χ2n) is 5.40. The van der Waals surface area contributed by atoms with Gasteiger partial charge in [-0.05, 0) is 18.1 Å². The first-order valence-corrected chi connectivity index (χ1v) is 7.06. The molecule has 2 aromatic rings. The van der Waals surface area contributed by atoms with Crippen molar-refractivity contribution in [3.05, 3.63) is 58.4 Å². The molecule has 0 saturated heterocycles. The van der Waals surface area contributed by atoms with E-state index in [4.69, 9.17) is 5.11 Å². The van der Waals surface area contributed by atoms with Crippen molar-refractivity contribution >= 4 is 12.0 Å². The van der Waals surface area contributed by atoms with E-state index in [0.29, 0.717) is 17.8 Å². The zero-order valence-corrected chi connectivity index (χ0v) is 12.6. The molecule has 0 aliphatic heterocycles. The highest BCUT2D eigenvalue weighted by molar-refractivity contribution is 5.85. The van der Waals surface area contributed by atoms with Crippen LogP contribution < -0.4 is 5.56 Å². The van der Waals surface area contributed by atoms with Gasteiger partial charge >= 0.3 is 5.97 Å². The molecule has 22 heavy (non-hydrogen) atoms. The summed E-state index contributed by atoms with van der Waals surface area (Å²) in [6.07, 6.45) is 2.28. The Hall–Kier alpha value is -2.69. The van der Waals surface area contributed by atoms with Gasteiger partial charge in [-0.1, -0.05) is 44.2 Å². The topological polar surface area (TPSA) is 72.2 Å². The number of nitrogens with zero attached hydrogens (tertiary/aromatic N) is 2. The van der Waals surface area contributed by atoms with Crippen molar-refractivity contribution in [1.82, 2.24) is 9.78 Å². The lowest BCUT2D eigenvalue weighted by atomic mass is 10.1. The average molecular weight is 298 g/mol. The lowest BCUT2D eigenvalue weighted by Gasteiger charge is -2.11. The molecule has 0 bridgehead atoms. The minimum absolute atomic E-state index is 0.257. The second-order valence-corrected chi connectivity index (χ2v) is 5.40. The highest BCUT2D eigenvalue weighted by Gasteiger charge is 2.09. The zero-order chi connectivity index (χ0) is 16.1. The van der Waals surface area contributed by atoms with Gasteiger partial charge in [-0.25, -0.2) is 9.48 Å². The van der Waals surface area contributed by atoms with Crippen molar-refractivity contribution in [2.24, 2.45) is 5.92 Å². The Labute approximate surface area is 128 Å². The number of benzene rings is 1. The van der Waals surface area contributed by atoms with Crippen molar-refractivity contribution < 1.29 is 9.90 Å². The number of carbonyl (C=O) groups is 1. The van der Waals surface area contributed by atoms with Gasteiger partial charge in [0.25, 0.3) is 5.56 Å². The third-order valence-corrected chi connectivity index (χ3v) is 3.02. The molecule has 0 unspecified atom stereocenters. The first-order valence-electron chi connectivity index (χ1n) is 7.06. The monoisotopic (exact) mass is 298 g/mol. The van der Waals surface area contributed by atoms with Crippen molar-refractivity contribution in [1.29, 1.82) is 0 Å². The number of carboxylic acid groups (broad SMARTS) is 1. The van der Waals surface area contributed by atoms with Crippen molar-refractivity contribution in [3.63, 3.8) is 0 Å². The Morgan fingerprint density at radius 1 is 1.32 bits per heavy atom. The summed E-state index contributed by atoms with van der Waals surface area (Å²) in [6.45, 7) is 4.47. The van der Waals surface area contributed by atoms with Crippen LogP contribution in [0.3, 0.4) is 0 Å². The Morgan fingerprint density at radius 3 is 2.59 bits per heavy atom. The summed E-state index contributed by atoms with van der Waals surface area (Å²) < 4.78 is 1.40. The SMILES string of the molecule is CC(C)Cn1nc(-c2ccccc2)cc(/C=C/C(=O)O)c1=O. The van der Waals surface area contributed by atoms with E-state index in [0.717, 1.165) is 11.6 Å². The summed E-state index contributed by atoms with van der Waals surface area (Å²) in [5.41, 5.74) is 1.55. The molecule has 0 amide bonds. The smallest absolute Gasteiger partial charge is 0.328 e. The maximum Gasteiger partial charge on any atom is 0.328 e. The second kappa shape index (κ2) is 6.85. The Kier molecular flexibility index (Phi) is 4.88. The van der Waals surface area contributed by atoms with E-state index in [1.807, 2.05) is 44.2 Å². The van der Waals surface area contributed by atoms with Crippen LogP contribution in [0.15, 0.2) is 47.3 Å². The highest BCUT2D eigenvalue weighted by atomic mass is 16.4. The summed E-state index contributed by atoms with van der Waals surface area (Å²) in [7, 11) is 0. The molecule has 0 saturated carbocycles. The van der Waals surface area contributed by atoms with E-state index in [9.17, 15) is 9.59 Å². The van der Waals surface area contributed by atoms with Gasteiger partial charge in [-0.15, -0.1) is 0 Å². The maximum atomic E-state index is 12.4. The molecule has 0 fully saturated rings. The van der Waals surface area contributed by atoms with E-state index >= 15 is 0 Å². The summed E-state index contributed by atoms with van der Waals surface area (Å²) in [6, 6.07) is 11.1. The van der Waals surface area contributed by atoms with Crippen LogP contribution in [0.1, 0.15) is 19.4 Å². The standard InChI is InChI=1S/C17H18N2O3/c1-12(2)11-19-17(22)14(8-9-16(20)21)10-15(18-19)13-6-4-3-5-7-13/h3-10,12H,11H2,1-2H3,(H,20,21)/b9-8+. The number of hydrogen-bond acceptors (Lipinski definition) is 3. The fourth-order valence-corrected chi connectivity index (χ4v) is 2.06. The molecule has 0 aliphatic rings. The van der Waals surface area contributed by atoms with E-state index < -0.39 is 5.97 Å². The number of rotatable bonds is 5. The summed E-state index contributed by atoms with van der Waals surface area (Å²) in [5, 5.41) is 13.1. The van der Waals surface area contributed by atoms with Gasteiger partial charge < -0.3 is 5.11 Å². The molecule has 5 heteroatoms. The number of aliphatic carboxylic acids is 1. The number of carboxylic acids is 1. The molecule has 1 N–H and O–H groups in total. The number of hydrogen-bond donors (Lipinski definition) is 1. The van der Waals surface area contributed by atoms with Crippen molar-refractivity contribution in [3.8, 4) is 11.3 Å². The van der Waals surface area contributed by atoms with Gasteiger partial charge in [0.1, 0.15) is 0 Å². The Morgan fingerprint density at radius 2 is 2.00 bits per heavy atom. The molecule has 0 atom stereocenters. The molecule has 0 aliphatic carbocycles. The van der Waals surface area contributed by atoms with Crippen LogP contribution in [-0.2, 0) is 11.3 Å². The number of aromatic nitrogens is 2.